The van der Waals surface area contributed by atoms with Crippen molar-refractivity contribution in [1.82, 2.24) is 50.2 Å². The Bertz CT molecular complexity index is 2950. The van der Waals surface area contributed by atoms with Crippen molar-refractivity contribution in [3.05, 3.63) is 97.0 Å². The van der Waals surface area contributed by atoms with Gasteiger partial charge in [-0.25, -0.2) is 14.5 Å². The predicted octanol–water partition coefficient (Wildman–Crippen LogP) is 5.38. The number of rotatable bonds is 17. The molecule has 5 amide bonds. The van der Waals surface area contributed by atoms with E-state index in [4.69, 9.17) is 0 Å². The van der Waals surface area contributed by atoms with Crippen LogP contribution in [-0.4, -0.2) is 198 Å². The Morgan fingerprint density at radius 2 is 1.44 bits per heavy atom. The number of hydrogen-bond acceptors (Lipinski definition) is 12. The number of piperidine rings is 2. The van der Waals surface area contributed by atoms with Crippen LogP contribution in [0, 0.1) is 17.7 Å². The molecular weight excluding hydrogens is 1060 g/mol. The van der Waals surface area contributed by atoms with Crippen molar-refractivity contribution < 1.29 is 28.4 Å². The topological polar surface area (TPSA) is 199 Å². The van der Waals surface area contributed by atoms with Gasteiger partial charge >= 0.3 is 0 Å². The Labute approximate surface area is 496 Å². The number of hydrogen-bond donors (Lipinski definition) is 3. The monoisotopic (exact) mass is 1160 g/mol. The molecule has 1 saturated carbocycles. The molecule has 3 N–H and O–H groups in total. The smallest absolute Gasteiger partial charge is 0.271 e. The zero-order chi connectivity index (χ0) is 59.4. The Morgan fingerprint density at radius 3 is 2.15 bits per heavy atom. The molecule has 456 valence electrons. The average molecular weight is 1160 g/mol. The second kappa shape index (κ2) is 32.2. The van der Waals surface area contributed by atoms with Gasteiger partial charge in [0.25, 0.3) is 17.4 Å². The number of amides is 5. The van der Waals surface area contributed by atoms with Crippen LogP contribution in [0.3, 0.4) is 0 Å². The van der Waals surface area contributed by atoms with Gasteiger partial charge in [-0.15, -0.1) is 0 Å². The maximum Gasteiger partial charge on any atom is 0.271 e. The summed E-state index contributed by atoms with van der Waals surface area (Å²) in [5.41, 5.74) is 2.73. The maximum absolute atomic E-state index is 15.2. The number of nitrogens with zero attached hydrogens (tertiary/aromatic N) is 9. The minimum atomic E-state index is -0.596. The molecule has 1 aromatic heterocycles. The van der Waals surface area contributed by atoms with E-state index in [-0.39, 0.29) is 53.1 Å². The molecule has 10 rings (SSSR count). The lowest BCUT2D eigenvalue weighted by molar-refractivity contribution is -0.137. The van der Waals surface area contributed by atoms with Gasteiger partial charge in [0, 0.05) is 120 Å². The lowest BCUT2D eigenvalue weighted by Gasteiger charge is -2.41. The van der Waals surface area contributed by atoms with E-state index in [1.807, 2.05) is 71.2 Å². The highest BCUT2D eigenvalue weighted by atomic mass is 19.1. The van der Waals surface area contributed by atoms with Crippen molar-refractivity contribution in [2.75, 3.05) is 111 Å². The van der Waals surface area contributed by atoms with E-state index >= 15 is 4.39 Å². The van der Waals surface area contributed by atoms with Crippen LogP contribution >= 0.6 is 0 Å². The third-order valence-corrected chi connectivity index (χ3v) is 17.7. The summed E-state index contributed by atoms with van der Waals surface area (Å²) in [5.74, 6) is 0.301. The number of piperazine rings is 2. The fourth-order valence-electron chi connectivity index (χ4n) is 12.7. The average Bonchev–Trinajstić information content (AvgIpc) is 3.67. The number of aromatic amines is 1. The lowest BCUT2D eigenvalue weighted by atomic mass is 9.83. The van der Waals surface area contributed by atoms with E-state index in [2.05, 4.69) is 54.5 Å². The molecule has 5 fully saturated rings. The zero-order valence-electron chi connectivity index (χ0n) is 50.6. The number of fused-ring (bicyclic) bond motifs is 1. The Balaban J connectivity index is 0.00000147. The van der Waals surface area contributed by atoms with Crippen molar-refractivity contribution in [3.63, 3.8) is 0 Å². The molecule has 0 radical (unpaired) electrons. The highest BCUT2D eigenvalue weighted by molar-refractivity contribution is 5.98. The summed E-state index contributed by atoms with van der Waals surface area (Å²) in [6, 6.07) is 11.7. The number of aromatic nitrogens is 2. The molecule has 2 aliphatic carbocycles. The maximum atomic E-state index is 15.2. The second-order valence-corrected chi connectivity index (χ2v) is 23.5. The molecule has 5 aliphatic heterocycles. The molecule has 2 aromatic carbocycles. The molecule has 19 heteroatoms. The van der Waals surface area contributed by atoms with Crippen LogP contribution in [0.2, 0.25) is 0 Å². The standard InChI is InChI=1S/C59H77FN12O6.C4H10.C2H6/c60-50-17-16-42(34-51-47-14-4-5-15-48(47)57(76)66-65-51)33-49(50)58(77)70-31-29-69(30-32-70)54(74)40-67-23-18-41(19-24-67)38-68-25-27-71(28-26-68)59(78)55(43-9-2-1-3-10-43)64-56(75)45-12-6-11-44(35-45)46-13-7-22-72(39-46)53(73)37-61-36-52-62-20-8-21-63-52;1-3-4-2;1-2/h6,11-12,14-17,20,33,35,41,43,46,55,61H,1-5,7-10,13,18-19,21-32,34,36-40H2,(H,64,75)(H,66,76);3-4H2,1-2H3;1-2H3. The summed E-state index contributed by atoms with van der Waals surface area (Å²) in [7, 11) is 0. The molecule has 6 heterocycles. The van der Waals surface area contributed by atoms with Crippen LogP contribution in [0.4, 0.5) is 4.39 Å². The van der Waals surface area contributed by atoms with Gasteiger partial charge in [0.05, 0.1) is 30.9 Å². The first-order chi connectivity index (χ1) is 40.9. The van der Waals surface area contributed by atoms with Crippen molar-refractivity contribution in [1.29, 1.82) is 0 Å². The fraction of sp³-hybridized carbons (Fsp3) is 0.615. The number of nitrogens with one attached hydrogen (secondary N) is 3. The Morgan fingerprint density at radius 1 is 0.726 bits per heavy atom. The van der Waals surface area contributed by atoms with Crippen molar-refractivity contribution >= 4 is 53.7 Å². The molecule has 2 atom stereocenters. The first-order valence-corrected chi connectivity index (χ1v) is 31.8. The number of unbranched alkanes of at least 4 members (excludes halogenated alkanes) is 1. The third-order valence-electron chi connectivity index (χ3n) is 17.7. The summed E-state index contributed by atoms with van der Waals surface area (Å²) in [5, 5.41) is 14.7. The summed E-state index contributed by atoms with van der Waals surface area (Å²) in [4.78, 5) is 102. The van der Waals surface area contributed by atoms with Crippen LogP contribution in [0.25, 0.3) is 12.2 Å². The highest BCUT2D eigenvalue weighted by Crippen LogP contribution is 2.30. The molecule has 4 saturated heterocycles. The predicted molar refractivity (Wildman–Crippen MR) is 329 cm³/mol. The van der Waals surface area contributed by atoms with Gasteiger partial charge < -0.3 is 30.2 Å². The number of H-pyrrole nitrogens is 1. The number of carbonyl (C=O) groups is 5. The van der Waals surface area contributed by atoms with E-state index in [1.54, 1.807) is 17.0 Å². The molecular formula is C65H93FN12O6. The molecule has 2 unspecified atom stereocenters. The van der Waals surface area contributed by atoms with Crippen molar-refractivity contribution in [3.8, 4) is 0 Å². The normalized spacial score (nSPS) is 20.2. The van der Waals surface area contributed by atoms with E-state index < -0.39 is 17.8 Å². The summed E-state index contributed by atoms with van der Waals surface area (Å²) < 4.78 is 15.2. The summed E-state index contributed by atoms with van der Waals surface area (Å²) >= 11 is 0. The van der Waals surface area contributed by atoms with E-state index in [0.717, 1.165) is 138 Å². The zero-order valence-corrected chi connectivity index (χ0v) is 50.6. The number of benzene rings is 2. The van der Waals surface area contributed by atoms with Crippen LogP contribution in [0.1, 0.15) is 161 Å². The van der Waals surface area contributed by atoms with Crippen LogP contribution in [0.15, 0.2) is 57.2 Å². The number of aliphatic imine (C=N–C) groups is 2. The summed E-state index contributed by atoms with van der Waals surface area (Å²) in [6.07, 6.45) is 20.1. The first kappa shape index (κ1) is 63.6. The second-order valence-electron chi connectivity index (χ2n) is 23.5. The van der Waals surface area contributed by atoms with E-state index in [1.165, 1.54) is 18.9 Å². The van der Waals surface area contributed by atoms with Crippen molar-refractivity contribution in [2.45, 2.75) is 136 Å². The van der Waals surface area contributed by atoms with Gasteiger partial charge in [-0.2, -0.15) is 5.10 Å². The quantitative estimate of drug-likeness (QED) is 0.158. The van der Waals surface area contributed by atoms with Gasteiger partial charge in [-0.05, 0) is 112 Å². The Kier molecular flexibility index (Phi) is 24.4. The van der Waals surface area contributed by atoms with Crippen LogP contribution < -0.4 is 26.6 Å². The fourth-order valence-corrected chi connectivity index (χ4v) is 12.7. The molecule has 0 spiro atoms. The molecule has 84 heavy (non-hydrogen) atoms. The van der Waals surface area contributed by atoms with Gasteiger partial charge in [-0.1, -0.05) is 90.2 Å². The minimum absolute atomic E-state index is 0.0104. The van der Waals surface area contributed by atoms with Gasteiger partial charge in [0.15, 0.2) is 0 Å². The minimum Gasteiger partial charge on any atom is -0.341 e. The summed E-state index contributed by atoms with van der Waals surface area (Å²) in [6.45, 7) is 18.2. The van der Waals surface area contributed by atoms with Gasteiger partial charge in [0.2, 0.25) is 17.7 Å². The van der Waals surface area contributed by atoms with E-state index in [0.29, 0.717) is 94.3 Å². The largest absolute Gasteiger partial charge is 0.341 e. The number of amidine groups is 1. The number of carbonyl (C=O) groups excluding carboxylic acids is 5. The van der Waals surface area contributed by atoms with Crippen LogP contribution in [-0.2, 0) is 20.8 Å². The number of halogens is 1. The molecule has 18 nitrogen and oxygen atoms in total. The number of likely N-dealkylation sites (tertiary alicyclic amines) is 2. The lowest BCUT2D eigenvalue weighted by Crippen LogP contribution is -2.57. The van der Waals surface area contributed by atoms with Crippen LogP contribution in [0.5, 0.6) is 0 Å². The van der Waals surface area contributed by atoms with Gasteiger partial charge in [-0.3, -0.25) is 43.6 Å². The first-order valence-electron chi connectivity index (χ1n) is 31.8. The van der Waals surface area contributed by atoms with Crippen molar-refractivity contribution in [2.24, 2.45) is 21.8 Å². The molecule has 7 aliphatic rings. The molecule has 3 aromatic rings. The van der Waals surface area contributed by atoms with Gasteiger partial charge in [0.1, 0.15) is 17.7 Å². The molecule has 0 bridgehead atoms. The Hall–Kier alpha value is -6.44. The third kappa shape index (κ3) is 17.4. The highest BCUT2D eigenvalue weighted by Gasteiger charge is 2.37. The van der Waals surface area contributed by atoms with E-state index in [9.17, 15) is 28.8 Å². The SMILES string of the molecule is CC.CCCC.O=C(NC(C(=O)N1CCN(CC2CCN(CC(=O)N3CCN(C(=O)c4cc(Cc5n[nH]c(=O)c6c5=CCCC=6)ccc4F)CC3)CC2)CC1)C1CCCCC1)c1cccc(C2CCCN(C(=O)CNCC3=NCCC=N3)C2)c1.